The second-order valence-corrected chi connectivity index (χ2v) is 4.13. The van der Waals surface area contributed by atoms with E-state index in [4.69, 9.17) is 0 Å². The summed E-state index contributed by atoms with van der Waals surface area (Å²) in [7, 11) is 0. The van der Waals surface area contributed by atoms with Crippen molar-refractivity contribution < 1.29 is 4.92 Å². The second-order valence-electron chi connectivity index (χ2n) is 4.13. The highest BCUT2D eigenvalue weighted by molar-refractivity contribution is 5.34. The fourth-order valence-corrected chi connectivity index (χ4v) is 1.70. The predicted octanol–water partition coefficient (Wildman–Crippen LogP) is 0.802. The molecular weight excluding hydrogens is 250 g/mol. The summed E-state index contributed by atoms with van der Waals surface area (Å²) in [4.78, 5) is 35.2. The van der Waals surface area contributed by atoms with Gasteiger partial charge in [0, 0.05) is 23.9 Å². The molecule has 7 heteroatoms. The average Bonchev–Trinajstić information content (AvgIpc) is 2.36. The summed E-state index contributed by atoms with van der Waals surface area (Å²) in [5.41, 5.74) is 0.0156. The zero-order valence-corrected chi connectivity index (χ0v) is 10.1. The Hall–Kier alpha value is -2.70. The number of non-ortho nitro benzene ring substituents is 1. The number of H-pyrrole nitrogens is 1. The molecule has 0 aliphatic heterocycles. The normalized spacial score (nSPS) is 10.4. The highest BCUT2D eigenvalue weighted by Crippen LogP contribution is 2.13. The van der Waals surface area contributed by atoms with Gasteiger partial charge in [-0.05, 0) is 12.5 Å². The Morgan fingerprint density at radius 2 is 2.11 bits per heavy atom. The van der Waals surface area contributed by atoms with E-state index in [1.54, 1.807) is 19.1 Å². The van der Waals surface area contributed by atoms with E-state index in [1.807, 2.05) is 0 Å². The van der Waals surface area contributed by atoms with Crippen LogP contribution in [0.25, 0.3) is 0 Å². The van der Waals surface area contributed by atoms with Gasteiger partial charge in [-0.15, -0.1) is 0 Å². The van der Waals surface area contributed by atoms with Gasteiger partial charge < -0.3 is 0 Å². The van der Waals surface area contributed by atoms with Gasteiger partial charge in [0.1, 0.15) is 0 Å². The number of rotatable bonds is 3. The molecule has 2 aromatic rings. The molecule has 1 N–H and O–H groups in total. The molecule has 0 fully saturated rings. The van der Waals surface area contributed by atoms with Crippen molar-refractivity contribution in [2.45, 2.75) is 13.5 Å². The van der Waals surface area contributed by atoms with Crippen molar-refractivity contribution in [1.82, 2.24) is 9.55 Å². The van der Waals surface area contributed by atoms with E-state index < -0.39 is 16.2 Å². The first-order chi connectivity index (χ1) is 8.97. The second kappa shape index (κ2) is 4.89. The number of aromatic amines is 1. The topological polar surface area (TPSA) is 98.0 Å². The lowest BCUT2D eigenvalue weighted by Gasteiger charge is -2.05. The smallest absolute Gasteiger partial charge is 0.296 e. The molecule has 0 aliphatic rings. The molecule has 0 aliphatic carbocycles. The minimum absolute atomic E-state index is 0.0355. The summed E-state index contributed by atoms with van der Waals surface area (Å²) >= 11 is 0. The molecule has 0 atom stereocenters. The summed E-state index contributed by atoms with van der Waals surface area (Å²) in [6.45, 7) is 1.75. The number of nitro benzene ring substituents is 1. The third-order valence-electron chi connectivity index (χ3n) is 2.66. The lowest BCUT2D eigenvalue weighted by atomic mass is 10.2. The van der Waals surface area contributed by atoms with Crippen LogP contribution in [0.2, 0.25) is 0 Å². The molecular formula is C12H11N3O4. The van der Waals surface area contributed by atoms with Gasteiger partial charge in [0.05, 0.1) is 11.5 Å². The van der Waals surface area contributed by atoms with Crippen molar-refractivity contribution in [3.63, 3.8) is 0 Å². The number of nitro groups is 1. The Morgan fingerprint density at radius 3 is 2.79 bits per heavy atom. The minimum Gasteiger partial charge on any atom is -0.296 e. The quantitative estimate of drug-likeness (QED) is 0.652. The van der Waals surface area contributed by atoms with E-state index in [0.29, 0.717) is 11.1 Å². The van der Waals surface area contributed by atoms with Gasteiger partial charge >= 0.3 is 5.69 Å². The molecule has 0 radical (unpaired) electrons. The van der Waals surface area contributed by atoms with E-state index in [9.17, 15) is 19.7 Å². The predicted molar refractivity (Wildman–Crippen MR) is 68.3 cm³/mol. The van der Waals surface area contributed by atoms with Crippen molar-refractivity contribution in [2.75, 3.05) is 0 Å². The van der Waals surface area contributed by atoms with Crippen LogP contribution in [0.5, 0.6) is 0 Å². The molecule has 0 bridgehead atoms. The third kappa shape index (κ3) is 2.76. The lowest BCUT2D eigenvalue weighted by Crippen LogP contribution is -2.31. The average molecular weight is 261 g/mol. The number of hydrogen-bond donors (Lipinski definition) is 1. The highest BCUT2D eigenvalue weighted by atomic mass is 16.6. The van der Waals surface area contributed by atoms with Crippen molar-refractivity contribution in [3.05, 3.63) is 72.5 Å². The summed E-state index contributed by atoms with van der Waals surface area (Å²) in [5.74, 6) is 0. The van der Waals surface area contributed by atoms with Crippen molar-refractivity contribution in [3.8, 4) is 0 Å². The maximum absolute atomic E-state index is 11.6. The SMILES string of the molecule is Cc1cn(Cc2cccc([N+](=O)[O-])c2)c(=O)[nH]c1=O. The fraction of sp³-hybridized carbons (Fsp3) is 0.167. The number of nitrogens with one attached hydrogen (secondary N) is 1. The molecule has 98 valence electrons. The van der Waals surface area contributed by atoms with Crippen LogP contribution in [-0.4, -0.2) is 14.5 Å². The molecule has 1 heterocycles. The molecule has 1 aromatic heterocycles. The van der Waals surface area contributed by atoms with E-state index in [2.05, 4.69) is 4.98 Å². The van der Waals surface area contributed by atoms with Gasteiger partial charge in [-0.2, -0.15) is 0 Å². The molecule has 0 saturated carbocycles. The van der Waals surface area contributed by atoms with Gasteiger partial charge in [-0.1, -0.05) is 12.1 Å². The summed E-state index contributed by atoms with van der Waals surface area (Å²) in [6.07, 6.45) is 1.43. The minimum atomic E-state index is -0.540. The molecule has 2 rings (SSSR count). The number of hydrogen-bond acceptors (Lipinski definition) is 4. The van der Waals surface area contributed by atoms with Gasteiger partial charge in [-0.25, -0.2) is 4.79 Å². The molecule has 1 aromatic carbocycles. The van der Waals surface area contributed by atoms with Gasteiger partial charge in [0.15, 0.2) is 0 Å². The number of benzene rings is 1. The number of aryl methyl sites for hydroxylation is 1. The Morgan fingerprint density at radius 1 is 1.37 bits per heavy atom. The van der Waals surface area contributed by atoms with Crippen LogP contribution in [0.4, 0.5) is 5.69 Å². The molecule has 0 amide bonds. The standard InChI is InChI=1S/C12H11N3O4/c1-8-6-14(12(17)13-11(8)16)7-9-3-2-4-10(5-9)15(18)19/h2-6H,7H2,1H3,(H,13,16,17). The molecule has 19 heavy (non-hydrogen) atoms. The summed E-state index contributed by atoms with van der Waals surface area (Å²) in [5, 5.41) is 10.7. The van der Waals surface area contributed by atoms with E-state index in [0.717, 1.165) is 0 Å². The van der Waals surface area contributed by atoms with Crippen molar-refractivity contribution in [1.29, 1.82) is 0 Å². The fourth-order valence-electron chi connectivity index (χ4n) is 1.70. The zero-order chi connectivity index (χ0) is 14.0. The van der Waals surface area contributed by atoms with Gasteiger partial charge in [-0.3, -0.25) is 24.5 Å². The van der Waals surface area contributed by atoms with Crippen LogP contribution in [-0.2, 0) is 6.54 Å². The van der Waals surface area contributed by atoms with Crippen LogP contribution < -0.4 is 11.2 Å². The maximum Gasteiger partial charge on any atom is 0.328 e. The van der Waals surface area contributed by atoms with Crippen LogP contribution in [0, 0.1) is 17.0 Å². The first kappa shape index (κ1) is 12.7. The molecule has 0 spiro atoms. The Balaban J connectivity index is 2.39. The summed E-state index contributed by atoms with van der Waals surface area (Å²) in [6, 6.07) is 6.01. The molecule has 0 saturated heterocycles. The monoisotopic (exact) mass is 261 g/mol. The van der Waals surface area contributed by atoms with Crippen molar-refractivity contribution in [2.24, 2.45) is 0 Å². The van der Waals surface area contributed by atoms with Gasteiger partial charge in [0.25, 0.3) is 11.2 Å². The Bertz CT molecular complexity index is 745. The maximum atomic E-state index is 11.6. The lowest BCUT2D eigenvalue weighted by molar-refractivity contribution is -0.384. The zero-order valence-electron chi connectivity index (χ0n) is 10.1. The van der Waals surface area contributed by atoms with E-state index in [-0.39, 0.29) is 12.2 Å². The van der Waals surface area contributed by atoms with Crippen LogP contribution in [0.1, 0.15) is 11.1 Å². The molecule has 7 nitrogen and oxygen atoms in total. The third-order valence-corrected chi connectivity index (χ3v) is 2.66. The molecule has 0 unspecified atom stereocenters. The van der Waals surface area contributed by atoms with Crippen LogP contribution in [0.3, 0.4) is 0 Å². The number of aromatic nitrogens is 2. The van der Waals surface area contributed by atoms with E-state index >= 15 is 0 Å². The van der Waals surface area contributed by atoms with E-state index in [1.165, 1.54) is 22.9 Å². The Labute approximate surface area is 107 Å². The van der Waals surface area contributed by atoms with Gasteiger partial charge in [0.2, 0.25) is 0 Å². The van der Waals surface area contributed by atoms with Crippen LogP contribution >= 0.6 is 0 Å². The highest BCUT2D eigenvalue weighted by Gasteiger charge is 2.07. The summed E-state index contributed by atoms with van der Waals surface area (Å²) < 4.78 is 1.30. The number of nitrogens with zero attached hydrogens (tertiary/aromatic N) is 2. The first-order valence-corrected chi connectivity index (χ1v) is 5.51. The van der Waals surface area contributed by atoms with Crippen molar-refractivity contribution >= 4 is 5.69 Å². The first-order valence-electron chi connectivity index (χ1n) is 5.51. The van der Waals surface area contributed by atoms with Crippen LogP contribution in [0.15, 0.2) is 40.1 Å². The largest absolute Gasteiger partial charge is 0.328 e. The Kier molecular flexibility index (Phi) is 3.28.